The Labute approximate surface area is 168 Å². The largest absolute Gasteiger partial charge is 0.481 e. The van der Waals surface area contributed by atoms with Crippen LogP contribution < -0.4 is 9.64 Å². The molecule has 1 heterocycles. The van der Waals surface area contributed by atoms with Gasteiger partial charge in [0.1, 0.15) is 5.75 Å². The number of anilines is 1. The van der Waals surface area contributed by atoms with E-state index in [4.69, 9.17) is 16.3 Å². The van der Waals surface area contributed by atoms with Crippen molar-refractivity contribution in [2.24, 2.45) is 0 Å². The summed E-state index contributed by atoms with van der Waals surface area (Å²) in [5.74, 6) is 0.590. The van der Waals surface area contributed by atoms with Crippen LogP contribution in [0.1, 0.15) is 12.5 Å². The topological polar surface area (TPSA) is 75.9 Å². The van der Waals surface area contributed by atoms with Crippen molar-refractivity contribution in [1.82, 2.24) is 4.90 Å². The number of amides is 1. The second-order valence-electron chi connectivity index (χ2n) is 6.76. The maximum Gasteiger partial charge on any atom is 0.269 e. The van der Waals surface area contributed by atoms with E-state index in [1.54, 1.807) is 42.2 Å². The van der Waals surface area contributed by atoms with E-state index < -0.39 is 11.0 Å². The van der Waals surface area contributed by atoms with Crippen LogP contribution in [0.5, 0.6) is 5.75 Å². The zero-order valence-corrected chi connectivity index (χ0v) is 16.6. The minimum absolute atomic E-state index is 0.0577. The van der Waals surface area contributed by atoms with Crippen molar-refractivity contribution in [3.8, 4) is 5.75 Å². The normalized spacial score (nSPS) is 15.2. The number of hydrogen-bond donors (Lipinski definition) is 0. The van der Waals surface area contributed by atoms with E-state index >= 15 is 0 Å². The molecule has 3 rings (SSSR count). The summed E-state index contributed by atoms with van der Waals surface area (Å²) in [6, 6.07) is 11.8. The fourth-order valence-electron chi connectivity index (χ4n) is 3.21. The lowest BCUT2D eigenvalue weighted by molar-refractivity contribution is -0.384. The van der Waals surface area contributed by atoms with Crippen LogP contribution in [0.25, 0.3) is 0 Å². The summed E-state index contributed by atoms with van der Waals surface area (Å²) >= 11 is 5.96. The standard InChI is InChI=1S/C20H22ClN3O4/c1-14-13-16(21)3-8-19(14)28-15(2)20(25)23-11-9-22(10-12-23)17-4-6-18(7-5-17)24(26)27/h3-8,13,15H,9-12H2,1-2H3/t15-/m0/s1. The van der Waals surface area contributed by atoms with E-state index in [9.17, 15) is 14.9 Å². The monoisotopic (exact) mass is 403 g/mol. The number of nitro benzene ring substituents is 1. The third-order valence-electron chi connectivity index (χ3n) is 4.81. The highest BCUT2D eigenvalue weighted by Crippen LogP contribution is 2.24. The van der Waals surface area contributed by atoms with E-state index in [2.05, 4.69) is 4.90 Å². The van der Waals surface area contributed by atoms with Crippen LogP contribution in [0.2, 0.25) is 5.02 Å². The van der Waals surface area contributed by atoms with Crippen LogP contribution in [0, 0.1) is 17.0 Å². The van der Waals surface area contributed by atoms with Crippen molar-refractivity contribution in [2.75, 3.05) is 31.1 Å². The van der Waals surface area contributed by atoms with Gasteiger partial charge in [-0.2, -0.15) is 0 Å². The number of non-ortho nitro benzene ring substituents is 1. The second kappa shape index (κ2) is 8.48. The van der Waals surface area contributed by atoms with E-state index in [0.717, 1.165) is 11.3 Å². The first-order valence-corrected chi connectivity index (χ1v) is 9.44. The predicted octanol–water partition coefficient (Wildman–Crippen LogP) is 3.67. The van der Waals surface area contributed by atoms with Gasteiger partial charge in [0.15, 0.2) is 6.10 Å². The molecule has 28 heavy (non-hydrogen) atoms. The molecule has 0 aliphatic carbocycles. The van der Waals surface area contributed by atoms with Crippen molar-refractivity contribution in [2.45, 2.75) is 20.0 Å². The number of benzene rings is 2. The first kappa shape index (κ1) is 19.9. The number of ether oxygens (including phenoxy) is 1. The van der Waals surface area contributed by atoms with E-state index in [0.29, 0.717) is 37.0 Å². The van der Waals surface area contributed by atoms with E-state index in [-0.39, 0.29) is 11.6 Å². The lowest BCUT2D eigenvalue weighted by atomic mass is 10.2. The zero-order valence-electron chi connectivity index (χ0n) is 15.8. The van der Waals surface area contributed by atoms with Gasteiger partial charge in [0.2, 0.25) is 0 Å². The Hall–Kier alpha value is -2.80. The van der Waals surface area contributed by atoms with Crippen molar-refractivity contribution >= 4 is 28.9 Å². The summed E-state index contributed by atoms with van der Waals surface area (Å²) in [6.45, 7) is 6.11. The molecule has 0 aromatic heterocycles. The second-order valence-corrected chi connectivity index (χ2v) is 7.19. The maximum atomic E-state index is 12.7. The Balaban J connectivity index is 1.56. The van der Waals surface area contributed by atoms with Gasteiger partial charge in [0.25, 0.3) is 11.6 Å². The summed E-state index contributed by atoms with van der Waals surface area (Å²) in [5, 5.41) is 11.4. The third kappa shape index (κ3) is 4.54. The summed E-state index contributed by atoms with van der Waals surface area (Å²) < 4.78 is 5.83. The Kier molecular flexibility index (Phi) is 6.04. The molecule has 0 saturated carbocycles. The average molecular weight is 404 g/mol. The highest BCUT2D eigenvalue weighted by molar-refractivity contribution is 6.30. The molecule has 1 atom stereocenters. The van der Waals surface area contributed by atoms with Crippen molar-refractivity contribution < 1.29 is 14.5 Å². The number of piperazine rings is 1. The molecule has 1 saturated heterocycles. The molecule has 1 amide bonds. The van der Waals surface area contributed by atoms with E-state index in [1.165, 1.54) is 12.1 Å². The highest BCUT2D eigenvalue weighted by atomic mass is 35.5. The van der Waals surface area contributed by atoms with Crippen molar-refractivity contribution in [1.29, 1.82) is 0 Å². The van der Waals surface area contributed by atoms with Crippen LogP contribution in [0.4, 0.5) is 11.4 Å². The molecule has 148 valence electrons. The number of carbonyl (C=O) groups excluding carboxylic acids is 1. The molecule has 1 fully saturated rings. The predicted molar refractivity (Wildman–Crippen MR) is 108 cm³/mol. The van der Waals surface area contributed by atoms with E-state index in [1.807, 2.05) is 6.92 Å². The van der Waals surface area contributed by atoms with Crippen molar-refractivity contribution in [3.63, 3.8) is 0 Å². The first-order valence-electron chi connectivity index (χ1n) is 9.06. The average Bonchev–Trinajstić information content (AvgIpc) is 2.69. The van der Waals surface area contributed by atoms with Crippen LogP contribution in [0.15, 0.2) is 42.5 Å². The van der Waals surface area contributed by atoms with Crippen molar-refractivity contribution in [3.05, 3.63) is 63.2 Å². The summed E-state index contributed by atoms with van der Waals surface area (Å²) in [5.41, 5.74) is 1.87. The summed E-state index contributed by atoms with van der Waals surface area (Å²) in [7, 11) is 0. The number of nitrogens with zero attached hydrogens (tertiary/aromatic N) is 3. The quantitative estimate of drug-likeness (QED) is 0.562. The molecular formula is C20H22ClN3O4. The minimum Gasteiger partial charge on any atom is -0.481 e. The first-order chi connectivity index (χ1) is 13.3. The van der Waals surface area contributed by atoms with Gasteiger partial charge in [-0.15, -0.1) is 0 Å². The number of nitro groups is 1. The molecule has 2 aromatic carbocycles. The maximum absolute atomic E-state index is 12.7. The summed E-state index contributed by atoms with van der Waals surface area (Å²) in [6.07, 6.45) is -0.592. The van der Waals surface area contributed by atoms with Crippen LogP contribution in [0.3, 0.4) is 0 Å². The molecule has 1 aliphatic heterocycles. The van der Waals surface area contributed by atoms with Crippen LogP contribution in [-0.2, 0) is 4.79 Å². The van der Waals surface area contributed by atoms with Gasteiger partial charge >= 0.3 is 0 Å². The Morgan fingerprint density at radius 2 is 1.79 bits per heavy atom. The number of aryl methyl sites for hydroxylation is 1. The lowest BCUT2D eigenvalue weighted by Crippen LogP contribution is -2.52. The molecule has 0 radical (unpaired) electrons. The fourth-order valence-corrected chi connectivity index (χ4v) is 3.44. The van der Waals surface area contributed by atoms with Crippen LogP contribution in [-0.4, -0.2) is 48.0 Å². The van der Waals surface area contributed by atoms with Gasteiger partial charge in [-0.1, -0.05) is 11.6 Å². The van der Waals surface area contributed by atoms with Gasteiger partial charge in [-0.05, 0) is 49.7 Å². The molecule has 0 bridgehead atoms. The molecule has 0 N–H and O–H groups in total. The third-order valence-corrected chi connectivity index (χ3v) is 5.04. The minimum atomic E-state index is -0.592. The Morgan fingerprint density at radius 1 is 1.14 bits per heavy atom. The van der Waals surface area contributed by atoms with Gasteiger partial charge in [-0.3, -0.25) is 14.9 Å². The smallest absolute Gasteiger partial charge is 0.269 e. The number of hydrogen-bond acceptors (Lipinski definition) is 5. The van der Waals surface area contributed by atoms with Gasteiger partial charge in [-0.25, -0.2) is 0 Å². The zero-order chi connectivity index (χ0) is 20.3. The van der Waals surface area contributed by atoms with Gasteiger partial charge in [0.05, 0.1) is 4.92 Å². The molecule has 7 nitrogen and oxygen atoms in total. The molecule has 1 aliphatic rings. The molecule has 8 heteroatoms. The molecular weight excluding hydrogens is 382 g/mol. The Morgan fingerprint density at radius 3 is 2.36 bits per heavy atom. The summed E-state index contributed by atoms with van der Waals surface area (Å²) in [4.78, 5) is 27.0. The lowest BCUT2D eigenvalue weighted by Gasteiger charge is -2.37. The number of rotatable bonds is 5. The number of carbonyl (C=O) groups is 1. The highest BCUT2D eigenvalue weighted by Gasteiger charge is 2.26. The van der Waals surface area contributed by atoms with Crippen LogP contribution >= 0.6 is 11.6 Å². The molecule has 2 aromatic rings. The molecule has 0 unspecified atom stereocenters. The number of halogens is 1. The van der Waals surface area contributed by atoms with Gasteiger partial charge in [0, 0.05) is 49.0 Å². The SMILES string of the molecule is Cc1cc(Cl)ccc1O[C@@H](C)C(=O)N1CCN(c2ccc([N+](=O)[O-])cc2)CC1. The molecule has 0 spiro atoms. The van der Waals surface area contributed by atoms with Gasteiger partial charge < -0.3 is 14.5 Å². The Bertz CT molecular complexity index is 864. The fraction of sp³-hybridized carbons (Fsp3) is 0.350.